The van der Waals surface area contributed by atoms with E-state index in [9.17, 15) is 0 Å². The predicted molar refractivity (Wildman–Crippen MR) is 62.1 cm³/mol. The Bertz CT molecular complexity index is 147. The first-order valence-electron chi connectivity index (χ1n) is 6.25. The summed E-state index contributed by atoms with van der Waals surface area (Å²) in [6, 6.07) is 0.832. The van der Waals surface area contributed by atoms with Crippen molar-refractivity contribution in [2.75, 3.05) is 0 Å². The van der Waals surface area contributed by atoms with Crippen LogP contribution >= 0.6 is 0 Å². The SMILES string of the molecule is CCCCCC(N)C1CCCC(N)C1. The Kier molecular flexibility index (Phi) is 5.49. The highest BCUT2D eigenvalue weighted by Gasteiger charge is 2.23. The second-order valence-corrected chi connectivity index (χ2v) is 4.85. The Morgan fingerprint density at radius 1 is 1.29 bits per heavy atom. The van der Waals surface area contributed by atoms with Gasteiger partial charge in [-0.2, -0.15) is 0 Å². The first-order valence-corrected chi connectivity index (χ1v) is 6.25. The van der Waals surface area contributed by atoms with Crippen molar-refractivity contribution in [1.29, 1.82) is 0 Å². The van der Waals surface area contributed by atoms with Crippen molar-refractivity contribution in [3.05, 3.63) is 0 Å². The lowest BCUT2D eigenvalue weighted by molar-refractivity contribution is 0.267. The third-order valence-corrected chi connectivity index (χ3v) is 3.50. The second-order valence-electron chi connectivity index (χ2n) is 4.85. The lowest BCUT2D eigenvalue weighted by Gasteiger charge is -2.31. The molecule has 0 aliphatic heterocycles. The van der Waals surface area contributed by atoms with Crippen molar-refractivity contribution in [2.45, 2.75) is 70.4 Å². The average Bonchev–Trinajstić information content (AvgIpc) is 2.18. The first kappa shape index (κ1) is 12.0. The van der Waals surface area contributed by atoms with Crippen molar-refractivity contribution in [3.63, 3.8) is 0 Å². The van der Waals surface area contributed by atoms with Crippen molar-refractivity contribution in [1.82, 2.24) is 0 Å². The Morgan fingerprint density at radius 2 is 2.07 bits per heavy atom. The predicted octanol–water partition coefficient (Wildman–Crippen LogP) is 2.41. The Hall–Kier alpha value is -0.0800. The van der Waals surface area contributed by atoms with Crippen LogP contribution in [-0.2, 0) is 0 Å². The maximum Gasteiger partial charge on any atom is 0.00677 e. The molecule has 2 heteroatoms. The van der Waals surface area contributed by atoms with E-state index in [-0.39, 0.29) is 0 Å². The molecule has 0 radical (unpaired) electrons. The minimum atomic E-state index is 0.410. The van der Waals surface area contributed by atoms with Gasteiger partial charge in [0.2, 0.25) is 0 Å². The number of nitrogens with two attached hydrogens (primary N) is 2. The molecular weight excluding hydrogens is 172 g/mol. The third kappa shape index (κ3) is 3.97. The van der Waals surface area contributed by atoms with Crippen LogP contribution < -0.4 is 11.5 Å². The van der Waals surface area contributed by atoms with E-state index in [0.717, 1.165) is 6.42 Å². The molecule has 0 aromatic heterocycles. The summed E-state index contributed by atoms with van der Waals surface area (Å²) in [5, 5.41) is 0. The monoisotopic (exact) mass is 198 g/mol. The molecule has 0 saturated heterocycles. The van der Waals surface area contributed by atoms with Crippen molar-refractivity contribution in [2.24, 2.45) is 17.4 Å². The molecule has 3 unspecified atom stereocenters. The minimum Gasteiger partial charge on any atom is -0.328 e. The zero-order valence-electron chi connectivity index (χ0n) is 9.54. The van der Waals surface area contributed by atoms with Crippen molar-refractivity contribution in [3.8, 4) is 0 Å². The first-order chi connectivity index (χ1) is 6.74. The summed E-state index contributed by atoms with van der Waals surface area (Å²) in [6.45, 7) is 2.24. The summed E-state index contributed by atoms with van der Waals surface area (Å²) < 4.78 is 0. The van der Waals surface area contributed by atoms with Gasteiger partial charge >= 0.3 is 0 Å². The molecule has 0 bridgehead atoms. The van der Waals surface area contributed by atoms with Crippen molar-refractivity contribution >= 4 is 0 Å². The smallest absolute Gasteiger partial charge is 0.00677 e. The normalized spacial score (nSPS) is 30.2. The summed E-state index contributed by atoms with van der Waals surface area (Å²) >= 11 is 0. The van der Waals surface area contributed by atoms with Gasteiger partial charge in [0.1, 0.15) is 0 Å². The quantitative estimate of drug-likeness (QED) is 0.667. The van der Waals surface area contributed by atoms with E-state index in [1.807, 2.05) is 0 Å². The van der Waals surface area contributed by atoms with Crippen LogP contribution in [0.25, 0.3) is 0 Å². The molecule has 0 amide bonds. The molecule has 2 nitrogen and oxygen atoms in total. The molecule has 1 aliphatic rings. The van der Waals surface area contributed by atoms with Crippen LogP contribution in [-0.4, -0.2) is 12.1 Å². The number of unbranched alkanes of at least 4 members (excludes halogenated alkanes) is 2. The van der Waals surface area contributed by atoms with Crippen LogP contribution in [0.4, 0.5) is 0 Å². The molecule has 3 atom stereocenters. The lowest BCUT2D eigenvalue weighted by atomic mass is 9.80. The van der Waals surface area contributed by atoms with E-state index in [4.69, 9.17) is 11.5 Å². The van der Waals surface area contributed by atoms with Crippen LogP contribution in [0, 0.1) is 5.92 Å². The van der Waals surface area contributed by atoms with Crippen LogP contribution in [0.1, 0.15) is 58.3 Å². The molecule has 4 N–H and O–H groups in total. The van der Waals surface area contributed by atoms with Gasteiger partial charge in [0.25, 0.3) is 0 Å². The molecule has 14 heavy (non-hydrogen) atoms. The molecule has 1 fully saturated rings. The molecule has 0 aromatic carbocycles. The summed E-state index contributed by atoms with van der Waals surface area (Å²) in [4.78, 5) is 0. The summed E-state index contributed by atoms with van der Waals surface area (Å²) in [5.41, 5.74) is 12.2. The fourth-order valence-electron chi connectivity index (χ4n) is 2.52. The molecule has 1 rings (SSSR count). The highest BCUT2D eigenvalue weighted by Crippen LogP contribution is 2.27. The zero-order chi connectivity index (χ0) is 10.4. The van der Waals surface area contributed by atoms with E-state index in [1.54, 1.807) is 0 Å². The molecule has 84 valence electrons. The van der Waals surface area contributed by atoms with Crippen LogP contribution in [0.15, 0.2) is 0 Å². The number of hydrogen-bond acceptors (Lipinski definition) is 2. The van der Waals surface area contributed by atoms with Crippen LogP contribution in [0.3, 0.4) is 0 Å². The number of rotatable bonds is 5. The molecule has 0 spiro atoms. The van der Waals surface area contributed by atoms with Gasteiger partial charge in [0.15, 0.2) is 0 Å². The van der Waals surface area contributed by atoms with E-state index in [0.29, 0.717) is 18.0 Å². The van der Waals surface area contributed by atoms with E-state index in [2.05, 4.69) is 6.92 Å². The van der Waals surface area contributed by atoms with E-state index < -0.39 is 0 Å². The fraction of sp³-hybridized carbons (Fsp3) is 1.00. The van der Waals surface area contributed by atoms with E-state index >= 15 is 0 Å². The molecule has 1 aliphatic carbocycles. The Balaban J connectivity index is 2.18. The Labute approximate surface area is 88.4 Å². The largest absolute Gasteiger partial charge is 0.328 e. The minimum absolute atomic E-state index is 0.410. The summed E-state index contributed by atoms with van der Waals surface area (Å²) in [5.74, 6) is 0.704. The van der Waals surface area contributed by atoms with Crippen molar-refractivity contribution < 1.29 is 0 Å². The van der Waals surface area contributed by atoms with Crippen LogP contribution in [0.2, 0.25) is 0 Å². The van der Waals surface area contributed by atoms with Gasteiger partial charge in [-0.05, 0) is 31.6 Å². The maximum atomic E-state index is 6.20. The number of hydrogen-bond donors (Lipinski definition) is 2. The van der Waals surface area contributed by atoms with E-state index in [1.165, 1.54) is 44.9 Å². The topological polar surface area (TPSA) is 52.0 Å². The van der Waals surface area contributed by atoms with Gasteiger partial charge in [-0.3, -0.25) is 0 Å². The highest BCUT2D eigenvalue weighted by atomic mass is 14.7. The van der Waals surface area contributed by atoms with Gasteiger partial charge in [-0.1, -0.05) is 32.6 Å². The lowest BCUT2D eigenvalue weighted by Crippen LogP contribution is -2.38. The molecule has 1 saturated carbocycles. The van der Waals surface area contributed by atoms with Gasteiger partial charge in [0, 0.05) is 12.1 Å². The molecular formula is C12H26N2. The second kappa shape index (κ2) is 6.41. The summed E-state index contributed by atoms with van der Waals surface area (Å²) in [6.07, 6.45) is 10.1. The van der Waals surface area contributed by atoms with Crippen LogP contribution in [0.5, 0.6) is 0 Å². The van der Waals surface area contributed by atoms with Gasteiger partial charge in [-0.25, -0.2) is 0 Å². The maximum absolute atomic E-state index is 6.20. The van der Waals surface area contributed by atoms with Gasteiger partial charge in [0.05, 0.1) is 0 Å². The molecule has 0 heterocycles. The standard InChI is InChI=1S/C12H26N2/c1-2-3-4-8-12(14)10-6-5-7-11(13)9-10/h10-12H,2-9,13-14H2,1H3. The summed E-state index contributed by atoms with van der Waals surface area (Å²) in [7, 11) is 0. The average molecular weight is 198 g/mol. The third-order valence-electron chi connectivity index (χ3n) is 3.50. The van der Waals surface area contributed by atoms with Gasteiger partial charge in [-0.15, -0.1) is 0 Å². The zero-order valence-corrected chi connectivity index (χ0v) is 9.54. The Morgan fingerprint density at radius 3 is 2.71 bits per heavy atom. The fourth-order valence-corrected chi connectivity index (χ4v) is 2.52. The molecule has 0 aromatic rings. The highest BCUT2D eigenvalue weighted by molar-refractivity contribution is 4.81. The van der Waals surface area contributed by atoms with Gasteiger partial charge < -0.3 is 11.5 Å².